The van der Waals surface area contributed by atoms with E-state index in [1.165, 1.54) is 11.1 Å². The van der Waals surface area contributed by atoms with Crippen molar-refractivity contribution in [2.45, 2.75) is 108 Å². The van der Waals surface area contributed by atoms with Gasteiger partial charge in [0.05, 0.1) is 12.8 Å². The largest absolute Gasteiger partial charge is 0.493 e. The highest BCUT2D eigenvalue weighted by Gasteiger charge is 2.45. The standard InChI is InChI=1S/C50H62Cl2N4O4/c1-36(2)53-60-47(32-39-18-21-45(46(31-39)58-7)59-35-38-12-9-8-10-13-38)48(57)56(43-22-26-49(27-23-43,54(3)4)33-37-16-19-41(51)20-17-37)44-24-28-50(29-25-44,55(5)6)34-40-14-11-15-42(52)30-40/h8-21,30-32,43-44H,22-29,33-35H2,1-7H3. The Morgan fingerprint density at radius 3 is 1.83 bits per heavy atom. The minimum Gasteiger partial charge on any atom is -0.493 e. The normalized spacial score (nSPS) is 22.0. The van der Waals surface area contributed by atoms with Gasteiger partial charge < -0.3 is 29.0 Å². The van der Waals surface area contributed by atoms with E-state index >= 15 is 4.79 Å². The predicted octanol–water partition coefficient (Wildman–Crippen LogP) is 11.1. The van der Waals surface area contributed by atoms with Crippen LogP contribution in [-0.4, -0.2) is 84.8 Å². The molecule has 0 unspecified atom stereocenters. The Morgan fingerprint density at radius 2 is 1.28 bits per heavy atom. The van der Waals surface area contributed by atoms with E-state index < -0.39 is 0 Å². The second kappa shape index (κ2) is 20.5. The quantitative estimate of drug-likeness (QED) is 0.0484. The number of rotatable bonds is 16. The summed E-state index contributed by atoms with van der Waals surface area (Å²) in [5.74, 6) is 1.23. The summed E-state index contributed by atoms with van der Waals surface area (Å²) < 4.78 is 11.9. The monoisotopic (exact) mass is 852 g/mol. The van der Waals surface area contributed by atoms with E-state index in [0.29, 0.717) is 23.8 Å². The molecule has 4 aromatic carbocycles. The summed E-state index contributed by atoms with van der Waals surface area (Å²) >= 11 is 12.7. The Hall–Kier alpha value is -4.34. The average molecular weight is 854 g/mol. The van der Waals surface area contributed by atoms with Gasteiger partial charge in [-0.15, -0.1) is 0 Å². The van der Waals surface area contributed by atoms with Crippen molar-refractivity contribution in [2.24, 2.45) is 5.16 Å². The molecule has 0 aliphatic heterocycles. The van der Waals surface area contributed by atoms with Crippen molar-refractivity contribution in [3.8, 4) is 11.5 Å². The Kier molecular flexibility index (Phi) is 15.4. The molecule has 0 N–H and O–H groups in total. The van der Waals surface area contributed by atoms with Crippen molar-refractivity contribution in [3.05, 3.63) is 135 Å². The molecule has 0 heterocycles. The number of hydrogen-bond donors (Lipinski definition) is 0. The fourth-order valence-corrected chi connectivity index (χ4v) is 9.55. The first-order chi connectivity index (χ1) is 28.8. The summed E-state index contributed by atoms with van der Waals surface area (Å²) in [4.78, 5) is 28.4. The Morgan fingerprint density at radius 1 is 0.700 bits per heavy atom. The summed E-state index contributed by atoms with van der Waals surface area (Å²) in [5.41, 5.74) is 4.93. The predicted molar refractivity (Wildman–Crippen MR) is 246 cm³/mol. The van der Waals surface area contributed by atoms with Crippen LogP contribution in [0.15, 0.2) is 108 Å². The SMILES string of the molecule is COc1cc(C=C(ON=C(C)C)C(=O)N(C2CCC(Cc3ccc(Cl)cc3)(N(C)C)CC2)C2CCC(Cc3cccc(Cl)c3)(N(C)C)CC2)ccc1OCc1ccccc1. The molecular formula is C50H62Cl2N4O4. The van der Waals surface area contributed by atoms with Gasteiger partial charge in [-0.2, -0.15) is 0 Å². The van der Waals surface area contributed by atoms with E-state index in [0.717, 1.165) is 85.4 Å². The minimum atomic E-state index is -0.138. The van der Waals surface area contributed by atoms with E-state index in [4.69, 9.17) is 37.5 Å². The number of nitrogens with zero attached hydrogens (tertiary/aromatic N) is 4. The molecule has 2 saturated carbocycles. The number of carbonyl (C=O) groups excluding carboxylic acids is 1. The molecular weight excluding hydrogens is 791 g/mol. The van der Waals surface area contributed by atoms with Crippen LogP contribution in [0, 0.1) is 0 Å². The summed E-state index contributed by atoms with van der Waals surface area (Å²) in [6.07, 6.45) is 10.9. The van der Waals surface area contributed by atoms with Crippen LogP contribution >= 0.6 is 23.2 Å². The smallest absolute Gasteiger partial charge is 0.292 e. The van der Waals surface area contributed by atoms with Crippen LogP contribution in [0.5, 0.6) is 11.5 Å². The van der Waals surface area contributed by atoms with Gasteiger partial charge in [0, 0.05) is 33.2 Å². The first kappa shape index (κ1) is 45.2. The lowest BCUT2D eigenvalue weighted by Crippen LogP contribution is -2.57. The first-order valence-electron chi connectivity index (χ1n) is 21.2. The van der Waals surface area contributed by atoms with Gasteiger partial charge in [-0.05, 0) is 171 Å². The molecule has 2 fully saturated rings. The lowest BCUT2D eigenvalue weighted by atomic mass is 9.72. The van der Waals surface area contributed by atoms with E-state index in [-0.39, 0.29) is 34.8 Å². The maximum Gasteiger partial charge on any atom is 0.292 e. The average Bonchev–Trinajstić information content (AvgIpc) is 3.24. The maximum atomic E-state index is 15.3. The third-order valence-corrected chi connectivity index (χ3v) is 13.3. The number of benzene rings is 4. The van der Waals surface area contributed by atoms with Gasteiger partial charge in [-0.1, -0.05) is 89.0 Å². The molecule has 0 spiro atoms. The molecule has 2 aliphatic rings. The van der Waals surface area contributed by atoms with Gasteiger partial charge in [0.25, 0.3) is 5.91 Å². The van der Waals surface area contributed by atoms with Gasteiger partial charge in [-0.3, -0.25) is 4.79 Å². The molecule has 0 bridgehead atoms. The Bertz CT molecular complexity index is 2080. The van der Waals surface area contributed by atoms with E-state index in [1.54, 1.807) is 13.2 Å². The topological polar surface area (TPSA) is 66.8 Å². The molecule has 0 radical (unpaired) electrons. The second-order valence-corrected chi connectivity index (χ2v) is 18.2. The number of amides is 1. The van der Waals surface area contributed by atoms with Crippen molar-refractivity contribution >= 4 is 40.9 Å². The Balaban J connectivity index is 1.31. The van der Waals surface area contributed by atoms with Crippen LogP contribution in [0.2, 0.25) is 10.0 Å². The van der Waals surface area contributed by atoms with Crippen molar-refractivity contribution in [2.75, 3.05) is 35.3 Å². The molecule has 0 aromatic heterocycles. The summed E-state index contributed by atoms with van der Waals surface area (Å²) in [7, 11) is 10.4. The van der Waals surface area contributed by atoms with E-state index in [2.05, 4.69) is 72.3 Å². The molecule has 60 heavy (non-hydrogen) atoms. The van der Waals surface area contributed by atoms with Crippen LogP contribution in [0.4, 0.5) is 0 Å². The minimum absolute atomic E-state index is 0.0278. The van der Waals surface area contributed by atoms with Gasteiger partial charge in [0.2, 0.25) is 5.76 Å². The zero-order chi connectivity index (χ0) is 42.9. The number of carbonyl (C=O) groups is 1. The maximum absolute atomic E-state index is 15.3. The van der Waals surface area contributed by atoms with Crippen LogP contribution < -0.4 is 9.47 Å². The number of hydrogen-bond acceptors (Lipinski definition) is 7. The Labute approximate surface area is 368 Å². The first-order valence-corrected chi connectivity index (χ1v) is 22.0. The van der Waals surface area contributed by atoms with Crippen LogP contribution in [0.25, 0.3) is 6.08 Å². The van der Waals surface area contributed by atoms with Crippen LogP contribution in [0.1, 0.15) is 87.5 Å². The molecule has 0 saturated heterocycles. The van der Waals surface area contributed by atoms with E-state index in [9.17, 15) is 0 Å². The summed E-state index contributed by atoms with van der Waals surface area (Å²) in [5, 5.41) is 5.85. The van der Waals surface area contributed by atoms with Crippen molar-refractivity contribution in [1.82, 2.24) is 14.7 Å². The van der Waals surface area contributed by atoms with Crippen molar-refractivity contribution < 1.29 is 19.1 Å². The number of oxime groups is 1. The van der Waals surface area contributed by atoms with Gasteiger partial charge in [-0.25, -0.2) is 0 Å². The van der Waals surface area contributed by atoms with E-state index in [1.807, 2.05) is 86.6 Å². The molecule has 1 amide bonds. The third kappa shape index (κ3) is 11.3. The lowest BCUT2D eigenvalue weighted by Gasteiger charge is -2.51. The number of ether oxygens (including phenoxy) is 2. The fourth-order valence-electron chi connectivity index (χ4n) is 9.21. The van der Waals surface area contributed by atoms with Gasteiger partial charge >= 0.3 is 0 Å². The number of likely N-dealkylation sites (N-methyl/N-ethyl adjacent to an activating group) is 2. The molecule has 320 valence electrons. The molecule has 2 aliphatic carbocycles. The third-order valence-electron chi connectivity index (χ3n) is 12.8. The number of methoxy groups -OCH3 is 1. The van der Waals surface area contributed by atoms with Crippen molar-refractivity contribution in [3.63, 3.8) is 0 Å². The van der Waals surface area contributed by atoms with Gasteiger partial charge in [0.1, 0.15) is 6.61 Å². The highest BCUT2D eigenvalue weighted by atomic mass is 35.5. The van der Waals surface area contributed by atoms with Crippen molar-refractivity contribution in [1.29, 1.82) is 0 Å². The van der Waals surface area contributed by atoms with Crippen LogP contribution in [0.3, 0.4) is 0 Å². The highest BCUT2D eigenvalue weighted by molar-refractivity contribution is 6.30. The molecule has 4 aromatic rings. The molecule has 8 nitrogen and oxygen atoms in total. The summed E-state index contributed by atoms with van der Waals surface area (Å²) in [6.45, 7) is 4.14. The molecule has 6 rings (SSSR count). The molecule has 0 atom stereocenters. The summed E-state index contributed by atoms with van der Waals surface area (Å²) in [6, 6.07) is 32.2. The number of halogens is 2. The van der Waals surface area contributed by atoms with Gasteiger partial charge in [0.15, 0.2) is 11.5 Å². The molecule has 10 heteroatoms. The second-order valence-electron chi connectivity index (χ2n) is 17.3. The lowest BCUT2D eigenvalue weighted by molar-refractivity contribution is -0.139. The fraction of sp³-hybridized carbons (Fsp3) is 0.440. The zero-order valence-corrected chi connectivity index (χ0v) is 37.9. The van der Waals surface area contributed by atoms with Crippen LogP contribution in [-0.2, 0) is 29.1 Å². The highest BCUT2D eigenvalue weighted by Crippen LogP contribution is 2.43. The zero-order valence-electron chi connectivity index (χ0n) is 36.4.